The third-order valence-electron chi connectivity index (χ3n) is 2.15. The Morgan fingerprint density at radius 1 is 1.35 bits per heavy atom. The molecule has 1 aromatic carbocycles. The molecular weight excluding hydrogens is 238 g/mol. The summed E-state index contributed by atoms with van der Waals surface area (Å²) in [6.45, 7) is 1.97. The van der Waals surface area contributed by atoms with Crippen LogP contribution in [0.25, 0.3) is 0 Å². The number of esters is 1. The fourth-order valence-corrected chi connectivity index (χ4v) is 1.59. The molecule has 0 N–H and O–H groups in total. The van der Waals surface area contributed by atoms with Crippen LogP contribution in [0.5, 0.6) is 0 Å². The summed E-state index contributed by atoms with van der Waals surface area (Å²) >= 11 is 4.20. The second-order valence-electron chi connectivity index (χ2n) is 3.48. The second-order valence-corrected chi connectivity index (χ2v) is 3.97. The van der Waals surface area contributed by atoms with Gasteiger partial charge in [-0.3, -0.25) is 9.59 Å². The number of benzene rings is 1. The summed E-state index contributed by atoms with van der Waals surface area (Å²) in [6, 6.07) is 6.95. The number of nitrogens with zero attached hydrogens (tertiary/aromatic N) is 1. The Morgan fingerprint density at radius 2 is 2.00 bits per heavy atom. The van der Waals surface area contributed by atoms with E-state index in [1.165, 1.54) is 4.90 Å². The molecule has 0 unspecified atom stereocenters. The van der Waals surface area contributed by atoms with E-state index in [1.54, 1.807) is 38.2 Å². The van der Waals surface area contributed by atoms with Crippen LogP contribution in [0.1, 0.15) is 17.3 Å². The fraction of sp³-hybridized carbons (Fsp3) is 0.333. The van der Waals surface area contributed by atoms with Gasteiger partial charge in [-0.1, -0.05) is 12.1 Å². The van der Waals surface area contributed by atoms with Crippen LogP contribution in [0.15, 0.2) is 29.2 Å². The number of thiol groups is 1. The van der Waals surface area contributed by atoms with Gasteiger partial charge in [0.25, 0.3) is 5.91 Å². The van der Waals surface area contributed by atoms with Gasteiger partial charge in [0.1, 0.15) is 6.54 Å². The molecule has 1 aromatic rings. The lowest BCUT2D eigenvalue weighted by atomic mass is 10.2. The lowest BCUT2D eigenvalue weighted by Gasteiger charge is -2.16. The van der Waals surface area contributed by atoms with Crippen LogP contribution in [-0.2, 0) is 9.53 Å². The van der Waals surface area contributed by atoms with Gasteiger partial charge < -0.3 is 9.64 Å². The molecule has 0 saturated heterocycles. The van der Waals surface area contributed by atoms with Crippen molar-refractivity contribution in [2.75, 3.05) is 20.2 Å². The van der Waals surface area contributed by atoms with Crippen molar-refractivity contribution in [1.29, 1.82) is 0 Å². The molecule has 0 aliphatic carbocycles. The van der Waals surface area contributed by atoms with E-state index in [2.05, 4.69) is 12.6 Å². The molecule has 0 saturated carbocycles. The Morgan fingerprint density at radius 3 is 2.59 bits per heavy atom. The van der Waals surface area contributed by atoms with Crippen LogP contribution in [0.2, 0.25) is 0 Å². The molecular formula is C12H15NO3S. The van der Waals surface area contributed by atoms with E-state index in [9.17, 15) is 9.59 Å². The molecule has 92 valence electrons. The summed E-state index contributed by atoms with van der Waals surface area (Å²) < 4.78 is 4.78. The highest BCUT2D eigenvalue weighted by atomic mass is 32.1. The zero-order chi connectivity index (χ0) is 12.8. The van der Waals surface area contributed by atoms with E-state index in [0.29, 0.717) is 17.1 Å². The van der Waals surface area contributed by atoms with Gasteiger partial charge in [-0.05, 0) is 19.1 Å². The number of carbonyl (C=O) groups excluding carboxylic acids is 2. The topological polar surface area (TPSA) is 46.6 Å². The maximum Gasteiger partial charge on any atom is 0.325 e. The number of hydrogen-bond donors (Lipinski definition) is 1. The molecule has 0 heterocycles. The third kappa shape index (κ3) is 3.78. The number of rotatable bonds is 4. The van der Waals surface area contributed by atoms with E-state index in [-0.39, 0.29) is 12.5 Å². The first-order chi connectivity index (χ1) is 8.06. The monoisotopic (exact) mass is 253 g/mol. The zero-order valence-electron chi connectivity index (χ0n) is 9.84. The first kappa shape index (κ1) is 13.6. The maximum atomic E-state index is 12.0. The molecule has 0 fully saturated rings. The minimum Gasteiger partial charge on any atom is -0.465 e. The SMILES string of the molecule is CCOC(=O)CN(C)C(=O)c1ccccc1S. The average Bonchev–Trinajstić information content (AvgIpc) is 2.29. The van der Waals surface area contributed by atoms with Gasteiger partial charge in [-0.15, -0.1) is 12.6 Å². The van der Waals surface area contributed by atoms with Gasteiger partial charge in [0.05, 0.1) is 12.2 Å². The molecule has 5 heteroatoms. The Kier molecular flexibility index (Phi) is 5.03. The predicted octanol–water partition coefficient (Wildman–Crippen LogP) is 1.61. The molecule has 0 spiro atoms. The van der Waals surface area contributed by atoms with Crippen LogP contribution in [-0.4, -0.2) is 37.0 Å². The van der Waals surface area contributed by atoms with Gasteiger partial charge >= 0.3 is 5.97 Å². The van der Waals surface area contributed by atoms with E-state index in [4.69, 9.17) is 4.74 Å². The van der Waals surface area contributed by atoms with Crippen molar-refractivity contribution >= 4 is 24.5 Å². The van der Waals surface area contributed by atoms with E-state index >= 15 is 0 Å². The van der Waals surface area contributed by atoms with Gasteiger partial charge in [0.15, 0.2) is 0 Å². The molecule has 0 aliphatic rings. The summed E-state index contributed by atoms with van der Waals surface area (Å²) in [5, 5.41) is 0. The summed E-state index contributed by atoms with van der Waals surface area (Å²) in [7, 11) is 1.56. The molecule has 0 aliphatic heterocycles. The van der Waals surface area contributed by atoms with E-state index < -0.39 is 5.97 Å². The van der Waals surface area contributed by atoms with E-state index in [1.807, 2.05) is 0 Å². The van der Waals surface area contributed by atoms with Crippen molar-refractivity contribution in [2.24, 2.45) is 0 Å². The minimum absolute atomic E-state index is 0.0607. The van der Waals surface area contributed by atoms with Crippen LogP contribution in [0.4, 0.5) is 0 Å². The van der Waals surface area contributed by atoms with Crippen molar-refractivity contribution in [3.63, 3.8) is 0 Å². The minimum atomic E-state index is -0.417. The number of amides is 1. The number of likely N-dealkylation sites (N-methyl/N-ethyl adjacent to an activating group) is 1. The first-order valence-corrected chi connectivity index (χ1v) is 5.70. The van der Waals surface area contributed by atoms with Gasteiger partial charge in [0.2, 0.25) is 0 Å². The van der Waals surface area contributed by atoms with Crippen molar-refractivity contribution in [3.8, 4) is 0 Å². The lowest BCUT2D eigenvalue weighted by Crippen LogP contribution is -2.33. The Hall–Kier alpha value is -1.49. The normalized spacial score (nSPS) is 9.82. The first-order valence-electron chi connectivity index (χ1n) is 5.25. The quantitative estimate of drug-likeness (QED) is 0.655. The molecule has 0 atom stereocenters. The molecule has 4 nitrogen and oxygen atoms in total. The fourth-order valence-electron chi connectivity index (χ4n) is 1.33. The molecule has 0 radical (unpaired) electrons. The molecule has 17 heavy (non-hydrogen) atoms. The smallest absolute Gasteiger partial charge is 0.325 e. The largest absolute Gasteiger partial charge is 0.465 e. The highest BCUT2D eigenvalue weighted by Gasteiger charge is 2.16. The second kappa shape index (κ2) is 6.30. The van der Waals surface area contributed by atoms with Crippen molar-refractivity contribution in [3.05, 3.63) is 29.8 Å². The molecule has 1 rings (SSSR count). The summed E-state index contributed by atoms with van der Waals surface area (Å²) in [5.74, 6) is -0.663. The summed E-state index contributed by atoms with van der Waals surface area (Å²) in [6.07, 6.45) is 0. The third-order valence-corrected chi connectivity index (χ3v) is 2.54. The van der Waals surface area contributed by atoms with Crippen LogP contribution in [0.3, 0.4) is 0 Å². The number of ether oxygens (including phenoxy) is 1. The number of hydrogen-bond acceptors (Lipinski definition) is 4. The predicted molar refractivity (Wildman–Crippen MR) is 67.3 cm³/mol. The molecule has 1 amide bonds. The van der Waals surface area contributed by atoms with Crippen LogP contribution >= 0.6 is 12.6 Å². The van der Waals surface area contributed by atoms with Crippen LogP contribution < -0.4 is 0 Å². The molecule has 0 bridgehead atoms. The Balaban J connectivity index is 2.70. The van der Waals surface area contributed by atoms with Crippen molar-refractivity contribution in [1.82, 2.24) is 4.90 Å². The standard InChI is InChI=1S/C12H15NO3S/c1-3-16-11(14)8-13(2)12(15)9-6-4-5-7-10(9)17/h4-7,17H,3,8H2,1-2H3. The highest BCUT2D eigenvalue weighted by molar-refractivity contribution is 7.80. The Bertz CT molecular complexity index is 420. The molecule has 0 aromatic heterocycles. The zero-order valence-corrected chi connectivity index (χ0v) is 10.7. The lowest BCUT2D eigenvalue weighted by molar-refractivity contribution is -0.143. The summed E-state index contributed by atoms with van der Waals surface area (Å²) in [4.78, 5) is 25.1. The average molecular weight is 253 g/mol. The Labute approximate surface area is 106 Å². The van der Waals surface area contributed by atoms with Gasteiger partial charge in [0, 0.05) is 11.9 Å². The van der Waals surface area contributed by atoms with Gasteiger partial charge in [-0.2, -0.15) is 0 Å². The number of carbonyl (C=O) groups is 2. The van der Waals surface area contributed by atoms with Gasteiger partial charge in [-0.25, -0.2) is 0 Å². The van der Waals surface area contributed by atoms with Crippen LogP contribution in [0, 0.1) is 0 Å². The maximum absolute atomic E-state index is 12.0. The van der Waals surface area contributed by atoms with E-state index in [0.717, 1.165) is 0 Å². The summed E-state index contributed by atoms with van der Waals surface area (Å²) in [5.41, 5.74) is 0.475. The van der Waals surface area contributed by atoms with Crippen molar-refractivity contribution in [2.45, 2.75) is 11.8 Å². The van der Waals surface area contributed by atoms with Crippen molar-refractivity contribution < 1.29 is 14.3 Å². The highest BCUT2D eigenvalue weighted by Crippen LogP contribution is 2.14.